The van der Waals surface area contributed by atoms with Crippen molar-refractivity contribution in [1.82, 2.24) is 5.32 Å². The average Bonchev–Trinajstić information content (AvgIpc) is 3.06. The average molecular weight is 254 g/mol. The highest BCUT2D eigenvalue weighted by atomic mass is 16.1. The molecule has 1 aliphatic rings. The van der Waals surface area contributed by atoms with Crippen molar-refractivity contribution in [1.29, 1.82) is 0 Å². The first kappa shape index (κ1) is 15.5. The topological polar surface area (TPSA) is 55.1 Å². The number of nitrogens with one attached hydrogen (secondary N) is 1. The number of hydrogen-bond acceptors (Lipinski definition) is 2. The molecule has 2 unspecified atom stereocenters. The zero-order valence-corrected chi connectivity index (χ0v) is 12.3. The van der Waals surface area contributed by atoms with Crippen molar-refractivity contribution in [2.75, 3.05) is 6.54 Å². The maximum atomic E-state index is 12.0. The Hall–Kier alpha value is -0.570. The van der Waals surface area contributed by atoms with Gasteiger partial charge in [-0.3, -0.25) is 4.79 Å². The van der Waals surface area contributed by atoms with Crippen LogP contribution in [0.25, 0.3) is 0 Å². The molecule has 0 radical (unpaired) electrons. The Bertz CT molecular complexity index is 259. The van der Waals surface area contributed by atoms with Gasteiger partial charge in [-0.25, -0.2) is 0 Å². The van der Waals surface area contributed by atoms with Crippen molar-refractivity contribution >= 4 is 5.91 Å². The van der Waals surface area contributed by atoms with E-state index in [4.69, 9.17) is 5.73 Å². The molecular formula is C15H30N2O. The fraction of sp³-hybridized carbons (Fsp3) is 0.933. The van der Waals surface area contributed by atoms with Gasteiger partial charge < -0.3 is 11.1 Å². The monoisotopic (exact) mass is 254 g/mol. The van der Waals surface area contributed by atoms with Crippen LogP contribution in [0.15, 0.2) is 0 Å². The van der Waals surface area contributed by atoms with Crippen molar-refractivity contribution in [3.63, 3.8) is 0 Å². The van der Waals surface area contributed by atoms with Crippen LogP contribution >= 0.6 is 0 Å². The maximum absolute atomic E-state index is 12.0. The summed E-state index contributed by atoms with van der Waals surface area (Å²) in [6.07, 6.45) is 8.07. The van der Waals surface area contributed by atoms with E-state index in [9.17, 15) is 4.79 Å². The normalized spacial score (nSPS) is 20.2. The van der Waals surface area contributed by atoms with Gasteiger partial charge in [0, 0.05) is 18.5 Å². The standard InChI is InChI=1S/C15H30N2O/c1-4-8-15(9-10-15)11-17-14(18)12(2)6-5-7-13(3)16/h12-13H,4-11,16H2,1-3H3,(H,17,18). The van der Waals surface area contributed by atoms with Crippen molar-refractivity contribution in [2.24, 2.45) is 17.1 Å². The third kappa shape index (κ3) is 5.38. The number of carbonyl (C=O) groups excluding carboxylic acids is 1. The van der Waals surface area contributed by atoms with Crippen LogP contribution in [0.2, 0.25) is 0 Å². The Labute approximate surface area is 112 Å². The first-order valence-corrected chi connectivity index (χ1v) is 7.52. The summed E-state index contributed by atoms with van der Waals surface area (Å²) in [5, 5.41) is 3.14. The molecule has 3 N–H and O–H groups in total. The zero-order chi connectivity index (χ0) is 13.6. The molecule has 106 valence electrons. The molecule has 1 saturated carbocycles. The third-order valence-electron chi connectivity index (χ3n) is 4.12. The van der Waals surface area contributed by atoms with E-state index in [1.807, 2.05) is 13.8 Å². The van der Waals surface area contributed by atoms with E-state index in [2.05, 4.69) is 12.2 Å². The molecule has 3 heteroatoms. The lowest BCUT2D eigenvalue weighted by molar-refractivity contribution is -0.125. The lowest BCUT2D eigenvalue weighted by Crippen LogP contribution is -2.34. The molecule has 1 fully saturated rings. The van der Waals surface area contributed by atoms with E-state index < -0.39 is 0 Å². The fourth-order valence-electron chi connectivity index (χ4n) is 2.55. The van der Waals surface area contributed by atoms with E-state index >= 15 is 0 Å². The molecule has 0 bridgehead atoms. The molecule has 0 heterocycles. The third-order valence-corrected chi connectivity index (χ3v) is 4.12. The summed E-state index contributed by atoms with van der Waals surface area (Å²) in [6.45, 7) is 7.15. The van der Waals surface area contributed by atoms with E-state index in [0.29, 0.717) is 5.41 Å². The van der Waals surface area contributed by atoms with Gasteiger partial charge in [-0.1, -0.05) is 26.7 Å². The lowest BCUT2D eigenvalue weighted by Gasteiger charge is -2.17. The minimum absolute atomic E-state index is 0.126. The molecular weight excluding hydrogens is 224 g/mol. The quantitative estimate of drug-likeness (QED) is 0.665. The van der Waals surface area contributed by atoms with E-state index in [-0.39, 0.29) is 17.9 Å². The molecule has 3 nitrogen and oxygen atoms in total. The number of rotatable bonds is 9. The fourth-order valence-corrected chi connectivity index (χ4v) is 2.55. The Morgan fingerprint density at radius 2 is 2.00 bits per heavy atom. The molecule has 1 amide bonds. The van der Waals surface area contributed by atoms with Crippen molar-refractivity contribution < 1.29 is 4.79 Å². The van der Waals surface area contributed by atoms with E-state index in [0.717, 1.165) is 25.8 Å². The molecule has 0 aromatic rings. The molecule has 1 aliphatic carbocycles. The van der Waals surface area contributed by atoms with E-state index in [1.165, 1.54) is 25.7 Å². The predicted octanol–water partition coefficient (Wildman–Crippen LogP) is 2.84. The van der Waals surface area contributed by atoms with Crippen molar-refractivity contribution in [3.05, 3.63) is 0 Å². The van der Waals surface area contributed by atoms with Gasteiger partial charge in [-0.2, -0.15) is 0 Å². The van der Waals surface area contributed by atoms with Gasteiger partial charge in [0.25, 0.3) is 0 Å². The lowest BCUT2D eigenvalue weighted by atomic mass is 9.98. The molecule has 0 saturated heterocycles. The van der Waals surface area contributed by atoms with Crippen LogP contribution in [-0.2, 0) is 4.79 Å². The van der Waals surface area contributed by atoms with Gasteiger partial charge >= 0.3 is 0 Å². The number of amides is 1. The Kier molecular flexibility index (Phi) is 6.13. The summed E-state index contributed by atoms with van der Waals surface area (Å²) in [5.74, 6) is 0.350. The SMILES string of the molecule is CCCC1(CNC(=O)C(C)CCCC(C)N)CC1. The predicted molar refractivity (Wildman–Crippen MR) is 76.2 cm³/mol. The van der Waals surface area contributed by atoms with Crippen molar-refractivity contribution in [2.45, 2.75) is 71.8 Å². The second-order valence-electron chi connectivity index (χ2n) is 6.28. The van der Waals surface area contributed by atoms with Crippen molar-refractivity contribution in [3.8, 4) is 0 Å². The molecule has 0 aromatic heterocycles. The van der Waals surface area contributed by atoms with Crippen LogP contribution in [0.5, 0.6) is 0 Å². The van der Waals surface area contributed by atoms with Crippen LogP contribution in [0.1, 0.15) is 65.7 Å². The minimum atomic E-state index is 0.126. The summed E-state index contributed by atoms with van der Waals surface area (Å²) in [7, 11) is 0. The van der Waals surface area contributed by atoms with Crippen LogP contribution in [0.4, 0.5) is 0 Å². The molecule has 0 aromatic carbocycles. The molecule has 2 atom stereocenters. The van der Waals surface area contributed by atoms with Crippen LogP contribution in [0, 0.1) is 11.3 Å². The molecule has 1 rings (SSSR count). The van der Waals surface area contributed by atoms with E-state index in [1.54, 1.807) is 0 Å². The summed E-state index contributed by atoms with van der Waals surface area (Å²) >= 11 is 0. The Morgan fingerprint density at radius 1 is 1.33 bits per heavy atom. The van der Waals surface area contributed by atoms with Crippen LogP contribution < -0.4 is 11.1 Å². The summed E-state index contributed by atoms with van der Waals surface area (Å²) in [6, 6.07) is 0.250. The molecule has 18 heavy (non-hydrogen) atoms. The van der Waals surface area contributed by atoms with Gasteiger partial charge in [0.05, 0.1) is 0 Å². The largest absolute Gasteiger partial charge is 0.355 e. The summed E-state index contributed by atoms with van der Waals surface area (Å²) in [5.41, 5.74) is 6.17. The molecule has 0 aliphatic heterocycles. The Balaban J connectivity index is 2.15. The Morgan fingerprint density at radius 3 is 2.50 bits per heavy atom. The van der Waals surface area contributed by atoms with Gasteiger partial charge in [-0.15, -0.1) is 0 Å². The first-order chi connectivity index (χ1) is 8.49. The van der Waals surface area contributed by atoms with Crippen LogP contribution in [-0.4, -0.2) is 18.5 Å². The maximum Gasteiger partial charge on any atom is 0.222 e. The second-order valence-corrected chi connectivity index (χ2v) is 6.28. The smallest absolute Gasteiger partial charge is 0.222 e. The van der Waals surface area contributed by atoms with Gasteiger partial charge in [0.1, 0.15) is 0 Å². The van der Waals surface area contributed by atoms with Gasteiger partial charge in [-0.05, 0) is 44.4 Å². The summed E-state index contributed by atoms with van der Waals surface area (Å²) in [4.78, 5) is 12.0. The minimum Gasteiger partial charge on any atom is -0.355 e. The summed E-state index contributed by atoms with van der Waals surface area (Å²) < 4.78 is 0. The number of carbonyl (C=O) groups is 1. The highest BCUT2D eigenvalue weighted by Gasteiger charge is 2.41. The van der Waals surface area contributed by atoms with Gasteiger partial charge in [0.15, 0.2) is 0 Å². The highest BCUT2D eigenvalue weighted by molar-refractivity contribution is 5.78. The zero-order valence-electron chi connectivity index (χ0n) is 12.3. The van der Waals surface area contributed by atoms with Gasteiger partial charge in [0.2, 0.25) is 5.91 Å². The highest BCUT2D eigenvalue weighted by Crippen LogP contribution is 2.48. The second kappa shape index (κ2) is 7.13. The molecule has 0 spiro atoms. The number of nitrogens with two attached hydrogens (primary N) is 1. The number of hydrogen-bond donors (Lipinski definition) is 2. The van der Waals surface area contributed by atoms with Crippen LogP contribution in [0.3, 0.4) is 0 Å². The first-order valence-electron chi connectivity index (χ1n) is 7.52.